The molecule has 6 heteroatoms. The minimum Gasteiger partial charge on any atom is -0.467 e. The van der Waals surface area contributed by atoms with Gasteiger partial charge in [0.1, 0.15) is 12.0 Å². The smallest absolute Gasteiger partial charge is 0.268 e. The molecule has 1 saturated heterocycles. The summed E-state index contributed by atoms with van der Waals surface area (Å²) in [7, 11) is 0. The molecule has 1 fully saturated rings. The van der Waals surface area contributed by atoms with Crippen LogP contribution in [0.3, 0.4) is 0 Å². The van der Waals surface area contributed by atoms with Crippen LogP contribution < -0.4 is 11.3 Å². The maximum Gasteiger partial charge on any atom is 0.268 e. The quantitative estimate of drug-likeness (QED) is 0.473. The molecule has 2 amide bonds. The van der Waals surface area contributed by atoms with E-state index in [-0.39, 0.29) is 5.91 Å². The van der Waals surface area contributed by atoms with Gasteiger partial charge in [0.2, 0.25) is 5.91 Å². The summed E-state index contributed by atoms with van der Waals surface area (Å²) >= 11 is 0. The highest BCUT2D eigenvalue weighted by atomic mass is 16.3. The molecule has 0 saturated carbocycles. The third kappa shape index (κ3) is 3.14. The van der Waals surface area contributed by atoms with Crippen LogP contribution in [0.15, 0.2) is 16.7 Å². The van der Waals surface area contributed by atoms with E-state index >= 15 is 0 Å². The zero-order chi connectivity index (χ0) is 13.8. The van der Waals surface area contributed by atoms with E-state index < -0.39 is 5.91 Å². The van der Waals surface area contributed by atoms with Crippen molar-refractivity contribution < 1.29 is 14.0 Å². The number of nitrogens with two attached hydrogens (primary N) is 1. The first kappa shape index (κ1) is 13.6. The predicted molar refractivity (Wildman–Crippen MR) is 68.8 cm³/mol. The number of hydrogen-bond acceptors (Lipinski definition) is 4. The van der Waals surface area contributed by atoms with E-state index in [1.807, 2.05) is 5.43 Å². The molecule has 3 N–H and O–H groups in total. The number of hydrogen-bond donors (Lipinski definition) is 2. The monoisotopic (exact) mass is 265 g/mol. The fraction of sp³-hybridized carbons (Fsp3) is 0.538. The zero-order valence-electron chi connectivity index (χ0n) is 11.0. The molecule has 0 spiro atoms. The van der Waals surface area contributed by atoms with Crippen molar-refractivity contribution in [2.45, 2.75) is 32.7 Å². The van der Waals surface area contributed by atoms with Gasteiger partial charge in [0.25, 0.3) is 5.91 Å². The average molecular weight is 265 g/mol. The highest BCUT2D eigenvalue weighted by molar-refractivity contribution is 5.93. The maximum atomic E-state index is 11.8. The Labute approximate surface area is 111 Å². The molecule has 0 aliphatic carbocycles. The normalized spacial score (nSPS) is 18.9. The van der Waals surface area contributed by atoms with Gasteiger partial charge >= 0.3 is 0 Å². The highest BCUT2D eigenvalue weighted by Crippen LogP contribution is 2.24. The van der Waals surface area contributed by atoms with Gasteiger partial charge in [-0.15, -0.1) is 0 Å². The minimum atomic E-state index is -0.397. The van der Waals surface area contributed by atoms with Gasteiger partial charge < -0.3 is 9.32 Å². The number of nitrogens with zero attached hydrogens (tertiary/aromatic N) is 1. The summed E-state index contributed by atoms with van der Waals surface area (Å²) in [5.41, 5.74) is 2.41. The topological polar surface area (TPSA) is 88.6 Å². The van der Waals surface area contributed by atoms with Crippen molar-refractivity contribution in [2.24, 2.45) is 11.8 Å². The summed E-state index contributed by atoms with van der Waals surface area (Å²) in [5, 5.41) is 0. The Morgan fingerprint density at radius 3 is 3.11 bits per heavy atom. The van der Waals surface area contributed by atoms with Crippen molar-refractivity contribution in [2.75, 3.05) is 6.54 Å². The van der Waals surface area contributed by atoms with Crippen molar-refractivity contribution in [1.29, 1.82) is 0 Å². The lowest BCUT2D eigenvalue weighted by Crippen LogP contribution is -2.29. The highest BCUT2D eigenvalue weighted by Gasteiger charge is 2.29. The molecule has 6 nitrogen and oxygen atoms in total. The van der Waals surface area contributed by atoms with Crippen LogP contribution in [0, 0.1) is 5.92 Å². The van der Waals surface area contributed by atoms with E-state index in [0.29, 0.717) is 30.2 Å². The van der Waals surface area contributed by atoms with Gasteiger partial charge in [-0.2, -0.15) is 0 Å². The van der Waals surface area contributed by atoms with Crippen molar-refractivity contribution >= 4 is 11.8 Å². The molecule has 1 atom stereocenters. The third-order valence-electron chi connectivity index (χ3n) is 3.39. The number of hydrazine groups is 1. The van der Waals surface area contributed by atoms with Gasteiger partial charge in [-0.25, -0.2) is 5.84 Å². The number of nitrogens with one attached hydrogen (secondary N) is 1. The van der Waals surface area contributed by atoms with Crippen LogP contribution >= 0.6 is 0 Å². The second kappa shape index (κ2) is 5.88. The summed E-state index contributed by atoms with van der Waals surface area (Å²) in [4.78, 5) is 24.9. The summed E-state index contributed by atoms with van der Waals surface area (Å²) in [6.07, 6.45) is 4.13. The number of furan rings is 1. The van der Waals surface area contributed by atoms with Crippen LogP contribution in [-0.4, -0.2) is 23.3 Å². The lowest BCUT2D eigenvalue weighted by atomic mass is 10.0. The Morgan fingerprint density at radius 2 is 2.42 bits per heavy atom. The van der Waals surface area contributed by atoms with Crippen LogP contribution in [0.1, 0.15) is 42.3 Å². The van der Waals surface area contributed by atoms with Crippen molar-refractivity contribution in [3.63, 3.8) is 0 Å². The molecule has 1 aromatic rings. The van der Waals surface area contributed by atoms with Gasteiger partial charge in [-0.05, 0) is 18.4 Å². The molecule has 1 unspecified atom stereocenters. The number of likely N-dealkylation sites (tertiary alicyclic amines) is 1. The Kier molecular flexibility index (Phi) is 4.21. The number of carbonyl (C=O) groups excluding carboxylic acids is 2. The first-order valence-corrected chi connectivity index (χ1v) is 6.50. The molecule has 0 aromatic carbocycles. The van der Waals surface area contributed by atoms with Crippen molar-refractivity contribution in [3.05, 3.63) is 23.7 Å². The van der Waals surface area contributed by atoms with Crippen molar-refractivity contribution in [1.82, 2.24) is 10.3 Å². The van der Waals surface area contributed by atoms with Crippen LogP contribution in [0.25, 0.3) is 0 Å². The molecule has 0 bridgehead atoms. The lowest BCUT2D eigenvalue weighted by Gasteiger charge is -2.14. The first-order valence-electron chi connectivity index (χ1n) is 6.50. The molecule has 2 rings (SSSR count). The third-order valence-corrected chi connectivity index (χ3v) is 3.39. The average Bonchev–Trinajstić information content (AvgIpc) is 2.98. The SMILES string of the molecule is CCCC1CC(=O)N(Cc2cc(C(=O)NN)co2)C1. The molecule has 0 radical (unpaired) electrons. The fourth-order valence-corrected chi connectivity index (χ4v) is 2.46. The van der Waals surface area contributed by atoms with Crippen LogP contribution in [0.4, 0.5) is 0 Å². The van der Waals surface area contributed by atoms with Crippen molar-refractivity contribution in [3.8, 4) is 0 Å². The Morgan fingerprint density at radius 1 is 1.63 bits per heavy atom. The maximum absolute atomic E-state index is 11.8. The standard InChI is InChI=1S/C13H19N3O3/c1-2-3-9-4-12(17)16(6-9)7-11-5-10(8-19-11)13(18)15-14/h5,8-9H,2-4,6-7,14H2,1H3,(H,15,18). The lowest BCUT2D eigenvalue weighted by molar-refractivity contribution is -0.128. The molecule has 1 aliphatic rings. The second-order valence-corrected chi connectivity index (χ2v) is 4.91. The minimum absolute atomic E-state index is 0.152. The first-order chi connectivity index (χ1) is 9.13. The van der Waals surface area contributed by atoms with Gasteiger partial charge in [0.05, 0.1) is 12.1 Å². The predicted octanol–water partition coefficient (Wildman–Crippen LogP) is 1.03. The van der Waals surface area contributed by atoms with Gasteiger partial charge in [-0.3, -0.25) is 15.0 Å². The van der Waals surface area contributed by atoms with Crippen LogP contribution in [0.2, 0.25) is 0 Å². The molecular formula is C13H19N3O3. The molecule has 1 aliphatic heterocycles. The summed E-state index contributed by atoms with van der Waals surface area (Å²) in [6.45, 7) is 3.31. The number of amides is 2. The van der Waals surface area contributed by atoms with E-state index in [0.717, 1.165) is 19.4 Å². The van der Waals surface area contributed by atoms with E-state index in [2.05, 4.69) is 6.92 Å². The van der Waals surface area contributed by atoms with Gasteiger partial charge in [0, 0.05) is 13.0 Å². The molecule has 1 aromatic heterocycles. The van der Waals surface area contributed by atoms with E-state index in [4.69, 9.17) is 10.3 Å². The van der Waals surface area contributed by atoms with Gasteiger partial charge in [0.15, 0.2) is 0 Å². The van der Waals surface area contributed by atoms with Gasteiger partial charge in [-0.1, -0.05) is 13.3 Å². The molecule has 104 valence electrons. The Balaban J connectivity index is 1.96. The zero-order valence-corrected chi connectivity index (χ0v) is 11.0. The van der Waals surface area contributed by atoms with E-state index in [9.17, 15) is 9.59 Å². The Bertz CT molecular complexity index is 469. The molecule has 2 heterocycles. The number of rotatable bonds is 5. The van der Waals surface area contributed by atoms with E-state index in [1.54, 1.807) is 11.0 Å². The summed E-state index contributed by atoms with van der Waals surface area (Å²) in [6, 6.07) is 1.61. The van der Waals surface area contributed by atoms with E-state index in [1.165, 1.54) is 6.26 Å². The molecular weight excluding hydrogens is 246 g/mol. The number of carbonyl (C=O) groups is 2. The van der Waals surface area contributed by atoms with Crippen LogP contribution in [-0.2, 0) is 11.3 Å². The fourth-order valence-electron chi connectivity index (χ4n) is 2.46. The largest absolute Gasteiger partial charge is 0.467 e. The summed E-state index contributed by atoms with van der Waals surface area (Å²) < 4.78 is 5.28. The van der Waals surface area contributed by atoms with Crippen LogP contribution in [0.5, 0.6) is 0 Å². The summed E-state index contributed by atoms with van der Waals surface area (Å²) in [5.74, 6) is 5.85. The Hall–Kier alpha value is -1.82. The number of nitrogen functional groups attached to an aromatic ring is 1. The second-order valence-electron chi connectivity index (χ2n) is 4.91. The molecule has 19 heavy (non-hydrogen) atoms.